The summed E-state index contributed by atoms with van der Waals surface area (Å²) >= 11 is 0. The molecule has 0 saturated heterocycles. The van der Waals surface area contributed by atoms with Crippen molar-refractivity contribution in [1.82, 2.24) is 5.32 Å². The molecule has 0 aliphatic rings. The molecule has 12 heavy (non-hydrogen) atoms. The summed E-state index contributed by atoms with van der Waals surface area (Å²) in [5, 5.41) is 2.75. The van der Waals surface area contributed by atoms with Gasteiger partial charge in [0.25, 0.3) is 0 Å². The molecule has 0 aromatic rings. The first-order valence-corrected chi connectivity index (χ1v) is 4.23. The minimum atomic E-state index is -0.358. The highest BCUT2D eigenvalue weighted by Gasteiger charge is 2.09. The van der Waals surface area contributed by atoms with Crippen LogP contribution in [0.15, 0.2) is 0 Å². The van der Waals surface area contributed by atoms with Crippen molar-refractivity contribution in [3.63, 3.8) is 0 Å². The van der Waals surface area contributed by atoms with Crippen LogP contribution in [-0.2, 0) is 9.53 Å². The molecular weight excluding hydrogens is 156 g/mol. The van der Waals surface area contributed by atoms with E-state index in [4.69, 9.17) is 10.5 Å². The Labute approximate surface area is 73.5 Å². The van der Waals surface area contributed by atoms with Gasteiger partial charge in [0.2, 0.25) is 5.91 Å². The number of ether oxygens (including phenoxy) is 1. The minimum Gasteiger partial charge on any atom is -0.372 e. The molecule has 4 nitrogen and oxygen atoms in total. The van der Waals surface area contributed by atoms with E-state index < -0.39 is 0 Å². The maximum Gasteiger partial charge on any atom is 0.248 e. The van der Waals surface area contributed by atoms with Crippen molar-refractivity contribution in [2.75, 3.05) is 20.2 Å². The fourth-order valence-corrected chi connectivity index (χ4v) is 0.732. The van der Waals surface area contributed by atoms with Crippen LogP contribution in [0.2, 0.25) is 0 Å². The number of carbonyl (C=O) groups excluding carboxylic acids is 1. The van der Waals surface area contributed by atoms with E-state index in [-0.39, 0.29) is 12.0 Å². The molecule has 0 spiro atoms. The van der Waals surface area contributed by atoms with Crippen molar-refractivity contribution >= 4 is 5.91 Å². The van der Waals surface area contributed by atoms with Crippen LogP contribution in [0.3, 0.4) is 0 Å². The van der Waals surface area contributed by atoms with E-state index in [1.807, 2.05) is 0 Å². The van der Waals surface area contributed by atoms with Crippen molar-refractivity contribution in [1.29, 1.82) is 0 Å². The highest BCUT2D eigenvalue weighted by atomic mass is 16.5. The number of methoxy groups -OCH3 is 1. The molecule has 1 atom stereocenters. The van der Waals surface area contributed by atoms with Gasteiger partial charge in [0, 0.05) is 13.7 Å². The van der Waals surface area contributed by atoms with Gasteiger partial charge < -0.3 is 15.8 Å². The zero-order valence-electron chi connectivity index (χ0n) is 7.80. The van der Waals surface area contributed by atoms with Gasteiger partial charge in [0.05, 0.1) is 0 Å². The highest BCUT2D eigenvalue weighted by molar-refractivity contribution is 5.80. The summed E-state index contributed by atoms with van der Waals surface area (Å²) in [6.07, 6.45) is 1.52. The van der Waals surface area contributed by atoms with Crippen molar-refractivity contribution in [2.24, 2.45) is 5.73 Å². The Morgan fingerprint density at radius 1 is 1.58 bits per heavy atom. The van der Waals surface area contributed by atoms with Crippen LogP contribution in [0.1, 0.15) is 19.8 Å². The number of rotatable bonds is 6. The van der Waals surface area contributed by atoms with Crippen molar-refractivity contribution in [3.05, 3.63) is 0 Å². The first-order valence-electron chi connectivity index (χ1n) is 4.23. The third kappa shape index (κ3) is 5.09. The summed E-state index contributed by atoms with van der Waals surface area (Å²) in [5.74, 6) is -0.0606. The summed E-state index contributed by atoms with van der Waals surface area (Å²) in [4.78, 5) is 11.1. The lowest BCUT2D eigenvalue weighted by Gasteiger charge is -2.09. The van der Waals surface area contributed by atoms with E-state index in [0.29, 0.717) is 13.1 Å². The third-order valence-electron chi connectivity index (χ3n) is 1.65. The van der Waals surface area contributed by atoms with Crippen LogP contribution in [0.4, 0.5) is 0 Å². The first kappa shape index (κ1) is 11.4. The summed E-state index contributed by atoms with van der Waals surface area (Å²) in [5.41, 5.74) is 5.29. The largest absolute Gasteiger partial charge is 0.372 e. The number of hydrogen-bond donors (Lipinski definition) is 2. The van der Waals surface area contributed by atoms with Crippen molar-refractivity contribution in [3.8, 4) is 0 Å². The quantitative estimate of drug-likeness (QED) is 0.552. The summed E-state index contributed by atoms with van der Waals surface area (Å²) in [7, 11) is 1.52. The lowest BCUT2D eigenvalue weighted by Crippen LogP contribution is -2.34. The Bertz CT molecular complexity index is 128. The topological polar surface area (TPSA) is 64.3 Å². The lowest BCUT2D eigenvalue weighted by atomic mass is 10.3. The highest BCUT2D eigenvalue weighted by Crippen LogP contribution is 1.88. The standard InChI is InChI=1S/C8H18N2O2/c1-7(12-2)8(11)10-6-4-3-5-9/h7H,3-6,9H2,1-2H3,(H,10,11). The fraction of sp³-hybridized carbons (Fsp3) is 0.875. The van der Waals surface area contributed by atoms with Crippen LogP contribution in [0.5, 0.6) is 0 Å². The van der Waals surface area contributed by atoms with Gasteiger partial charge in [-0.1, -0.05) is 0 Å². The Kier molecular flexibility index (Phi) is 6.70. The molecule has 1 amide bonds. The van der Waals surface area contributed by atoms with E-state index in [9.17, 15) is 4.79 Å². The van der Waals surface area contributed by atoms with Gasteiger partial charge in [-0.05, 0) is 26.3 Å². The van der Waals surface area contributed by atoms with Crippen LogP contribution in [0, 0.1) is 0 Å². The van der Waals surface area contributed by atoms with Gasteiger partial charge in [-0.25, -0.2) is 0 Å². The van der Waals surface area contributed by atoms with Gasteiger partial charge in [0.1, 0.15) is 6.10 Å². The zero-order valence-corrected chi connectivity index (χ0v) is 7.80. The fourth-order valence-electron chi connectivity index (χ4n) is 0.732. The van der Waals surface area contributed by atoms with Crippen molar-refractivity contribution in [2.45, 2.75) is 25.9 Å². The molecule has 0 heterocycles. The van der Waals surface area contributed by atoms with Gasteiger partial charge in [-0.3, -0.25) is 4.79 Å². The van der Waals surface area contributed by atoms with Crippen molar-refractivity contribution < 1.29 is 9.53 Å². The summed E-state index contributed by atoms with van der Waals surface area (Å²) in [6.45, 7) is 3.08. The predicted molar refractivity (Wildman–Crippen MR) is 47.8 cm³/mol. The van der Waals surface area contributed by atoms with Crippen LogP contribution in [0.25, 0.3) is 0 Å². The van der Waals surface area contributed by atoms with Gasteiger partial charge in [0.15, 0.2) is 0 Å². The number of nitrogens with two attached hydrogens (primary N) is 1. The molecule has 0 bridgehead atoms. The molecule has 0 fully saturated rings. The second-order valence-electron chi connectivity index (χ2n) is 2.66. The SMILES string of the molecule is COC(C)C(=O)NCCCCN. The Balaban J connectivity index is 3.31. The van der Waals surface area contributed by atoms with Gasteiger partial charge >= 0.3 is 0 Å². The molecular formula is C8H18N2O2. The van der Waals surface area contributed by atoms with E-state index in [1.165, 1.54) is 7.11 Å². The number of unbranched alkanes of at least 4 members (excludes halogenated alkanes) is 1. The average Bonchev–Trinajstić information content (AvgIpc) is 2.10. The second kappa shape index (κ2) is 7.06. The Morgan fingerprint density at radius 2 is 2.25 bits per heavy atom. The molecule has 0 saturated carbocycles. The molecule has 4 heteroatoms. The Morgan fingerprint density at radius 3 is 2.75 bits per heavy atom. The minimum absolute atomic E-state index is 0.0606. The molecule has 3 N–H and O–H groups in total. The smallest absolute Gasteiger partial charge is 0.248 e. The number of nitrogens with one attached hydrogen (secondary N) is 1. The third-order valence-corrected chi connectivity index (χ3v) is 1.65. The summed E-state index contributed by atoms with van der Waals surface area (Å²) in [6, 6.07) is 0. The monoisotopic (exact) mass is 174 g/mol. The lowest BCUT2D eigenvalue weighted by molar-refractivity contribution is -0.130. The second-order valence-corrected chi connectivity index (χ2v) is 2.66. The molecule has 0 aromatic heterocycles. The summed E-state index contributed by atoms with van der Waals surface area (Å²) < 4.78 is 4.83. The number of amides is 1. The van der Waals surface area contributed by atoms with Crippen LogP contribution in [-0.4, -0.2) is 32.2 Å². The van der Waals surface area contributed by atoms with Crippen LogP contribution >= 0.6 is 0 Å². The first-order chi connectivity index (χ1) is 5.72. The molecule has 72 valence electrons. The maximum absolute atomic E-state index is 11.1. The normalized spacial score (nSPS) is 12.6. The van der Waals surface area contributed by atoms with Gasteiger partial charge in [-0.15, -0.1) is 0 Å². The molecule has 0 rings (SSSR count). The molecule has 0 radical (unpaired) electrons. The Hall–Kier alpha value is -0.610. The molecule has 1 unspecified atom stereocenters. The zero-order chi connectivity index (χ0) is 9.40. The average molecular weight is 174 g/mol. The maximum atomic E-state index is 11.1. The van der Waals surface area contributed by atoms with Gasteiger partial charge in [-0.2, -0.15) is 0 Å². The predicted octanol–water partition coefficient (Wildman–Crippen LogP) is -0.124. The van der Waals surface area contributed by atoms with E-state index in [2.05, 4.69) is 5.32 Å². The molecule has 0 aliphatic heterocycles. The molecule has 0 aliphatic carbocycles. The van der Waals surface area contributed by atoms with E-state index >= 15 is 0 Å². The van der Waals surface area contributed by atoms with E-state index in [0.717, 1.165) is 12.8 Å². The number of hydrogen-bond acceptors (Lipinski definition) is 3. The van der Waals surface area contributed by atoms with E-state index in [1.54, 1.807) is 6.92 Å². The molecule has 0 aromatic carbocycles. The number of carbonyl (C=O) groups is 1. The van der Waals surface area contributed by atoms with Crippen LogP contribution < -0.4 is 11.1 Å².